The van der Waals surface area contributed by atoms with Gasteiger partial charge in [-0.05, 0) is 62.4 Å². The van der Waals surface area contributed by atoms with Gasteiger partial charge in [0.1, 0.15) is 11.0 Å². The molecular formula is C22H25N3O3S. The zero-order chi connectivity index (χ0) is 20.6. The van der Waals surface area contributed by atoms with Crippen LogP contribution in [0.4, 0.5) is 0 Å². The van der Waals surface area contributed by atoms with Crippen molar-refractivity contribution >= 4 is 17.7 Å². The van der Waals surface area contributed by atoms with Gasteiger partial charge in [0.05, 0.1) is 6.61 Å². The van der Waals surface area contributed by atoms with Gasteiger partial charge in [-0.2, -0.15) is 0 Å². The van der Waals surface area contributed by atoms with Gasteiger partial charge >= 0.3 is 0 Å². The highest BCUT2D eigenvalue weighted by atomic mass is 32.2. The van der Waals surface area contributed by atoms with Crippen LogP contribution in [0.5, 0.6) is 5.75 Å². The average molecular weight is 412 g/mol. The van der Waals surface area contributed by atoms with Crippen LogP contribution in [0, 0.1) is 0 Å². The first-order chi connectivity index (χ1) is 14.2. The van der Waals surface area contributed by atoms with Gasteiger partial charge in [-0.25, -0.2) is 0 Å². The molecule has 0 N–H and O–H groups in total. The highest BCUT2D eigenvalue weighted by Gasteiger charge is 2.28. The normalized spacial score (nSPS) is 11.8. The number of hydrogen-bond acceptors (Lipinski definition) is 6. The van der Waals surface area contributed by atoms with Crippen LogP contribution in [0.1, 0.15) is 31.6 Å². The number of hydrogen-bond donors (Lipinski definition) is 0. The van der Waals surface area contributed by atoms with Gasteiger partial charge in [0, 0.05) is 18.7 Å². The number of ether oxygens (including phenoxy) is 1. The number of rotatable bonds is 9. The van der Waals surface area contributed by atoms with Crippen LogP contribution < -0.4 is 4.74 Å². The second kappa shape index (κ2) is 10.1. The van der Waals surface area contributed by atoms with Crippen LogP contribution in [0.15, 0.2) is 64.2 Å². The molecule has 0 aliphatic carbocycles. The third-order valence-electron chi connectivity index (χ3n) is 4.44. The fraction of sp³-hybridized carbons (Fsp3) is 0.318. The summed E-state index contributed by atoms with van der Waals surface area (Å²) in [5.74, 6) is 1.24. The Morgan fingerprint density at radius 2 is 1.72 bits per heavy atom. The van der Waals surface area contributed by atoms with E-state index in [2.05, 4.69) is 10.2 Å². The van der Waals surface area contributed by atoms with Crippen molar-refractivity contribution in [3.05, 3.63) is 60.2 Å². The molecule has 29 heavy (non-hydrogen) atoms. The van der Waals surface area contributed by atoms with Gasteiger partial charge < -0.3 is 14.1 Å². The van der Waals surface area contributed by atoms with Gasteiger partial charge in [-0.3, -0.25) is 4.79 Å². The minimum Gasteiger partial charge on any atom is -0.494 e. The third-order valence-corrected chi connectivity index (χ3v) is 5.52. The number of likely N-dealkylation sites (N-methyl/N-ethyl adjacent to an activating group) is 1. The SMILES string of the molecule is CCOc1ccc(-c2nnc(S[C@H](C(=O)N(CC)CC)c3ccccc3)o2)cc1. The first-order valence-corrected chi connectivity index (χ1v) is 10.6. The lowest BCUT2D eigenvalue weighted by atomic mass is 10.1. The predicted molar refractivity (Wildman–Crippen MR) is 114 cm³/mol. The zero-order valence-electron chi connectivity index (χ0n) is 16.9. The molecule has 0 fully saturated rings. The van der Waals surface area contributed by atoms with Crippen molar-refractivity contribution in [1.82, 2.24) is 15.1 Å². The van der Waals surface area contributed by atoms with E-state index in [1.807, 2.05) is 80.3 Å². The summed E-state index contributed by atoms with van der Waals surface area (Å²) in [6.45, 7) is 7.82. The van der Waals surface area contributed by atoms with Crippen LogP contribution in [-0.4, -0.2) is 40.7 Å². The summed E-state index contributed by atoms with van der Waals surface area (Å²) in [4.78, 5) is 14.9. The van der Waals surface area contributed by atoms with Crippen LogP contribution in [0.25, 0.3) is 11.5 Å². The summed E-state index contributed by atoms with van der Waals surface area (Å²) < 4.78 is 11.3. The number of nitrogens with zero attached hydrogens (tertiary/aromatic N) is 3. The number of amides is 1. The van der Waals surface area contributed by atoms with E-state index in [1.54, 1.807) is 0 Å². The predicted octanol–water partition coefficient (Wildman–Crippen LogP) is 4.84. The van der Waals surface area contributed by atoms with Gasteiger partial charge in [-0.15, -0.1) is 10.2 Å². The topological polar surface area (TPSA) is 68.5 Å². The Kier molecular flexibility index (Phi) is 7.30. The molecule has 7 heteroatoms. The van der Waals surface area contributed by atoms with Gasteiger partial charge in [0.15, 0.2) is 0 Å². The molecular weight excluding hydrogens is 386 g/mol. The van der Waals surface area contributed by atoms with E-state index in [4.69, 9.17) is 9.15 Å². The first-order valence-electron chi connectivity index (χ1n) is 9.73. The Morgan fingerprint density at radius 1 is 1.03 bits per heavy atom. The maximum atomic E-state index is 13.1. The molecule has 152 valence electrons. The fourth-order valence-electron chi connectivity index (χ4n) is 2.93. The second-order valence-electron chi connectivity index (χ2n) is 6.25. The maximum Gasteiger partial charge on any atom is 0.277 e. The summed E-state index contributed by atoms with van der Waals surface area (Å²) in [6, 6.07) is 17.2. The molecule has 1 atom stereocenters. The summed E-state index contributed by atoms with van der Waals surface area (Å²) in [7, 11) is 0. The molecule has 1 heterocycles. The summed E-state index contributed by atoms with van der Waals surface area (Å²) >= 11 is 1.28. The van der Waals surface area contributed by atoms with Crippen molar-refractivity contribution in [2.45, 2.75) is 31.2 Å². The van der Waals surface area contributed by atoms with Crippen LogP contribution in [0.3, 0.4) is 0 Å². The highest BCUT2D eigenvalue weighted by Crippen LogP contribution is 2.37. The zero-order valence-corrected chi connectivity index (χ0v) is 17.7. The second-order valence-corrected chi connectivity index (χ2v) is 7.31. The molecule has 0 saturated heterocycles. The number of benzene rings is 2. The van der Waals surface area contributed by atoms with E-state index in [9.17, 15) is 4.79 Å². The maximum absolute atomic E-state index is 13.1. The molecule has 0 spiro atoms. The Labute approximate surface area is 175 Å². The van der Waals surface area contributed by atoms with E-state index in [0.717, 1.165) is 16.9 Å². The molecule has 0 bridgehead atoms. The molecule has 0 aliphatic heterocycles. The van der Waals surface area contributed by atoms with Gasteiger partial charge in [0.25, 0.3) is 5.22 Å². The van der Waals surface area contributed by atoms with Crippen LogP contribution in [-0.2, 0) is 4.79 Å². The molecule has 3 rings (SSSR count). The largest absolute Gasteiger partial charge is 0.494 e. The summed E-state index contributed by atoms with van der Waals surface area (Å²) in [6.07, 6.45) is 0. The Bertz CT molecular complexity index is 909. The molecule has 1 amide bonds. The summed E-state index contributed by atoms with van der Waals surface area (Å²) in [5.41, 5.74) is 1.72. The minimum atomic E-state index is -0.440. The molecule has 0 aliphatic rings. The Hall–Kier alpha value is -2.80. The van der Waals surface area contributed by atoms with E-state index in [-0.39, 0.29) is 5.91 Å². The Morgan fingerprint density at radius 3 is 2.34 bits per heavy atom. The minimum absolute atomic E-state index is 0.0343. The van der Waals surface area contributed by atoms with Crippen molar-refractivity contribution in [3.8, 4) is 17.2 Å². The van der Waals surface area contributed by atoms with E-state index < -0.39 is 5.25 Å². The smallest absolute Gasteiger partial charge is 0.277 e. The highest BCUT2D eigenvalue weighted by molar-refractivity contribution is 8.00. The van der Waals surface area contributed by atoms with Gasteiger partial charge in [-0.1, -0.05) is 30.3 Å². The quantitative estimate of drug-likeness (QED) is 0.470. The average Bonchev–Trinajstić information content (AvgIpc) is 3.23. The molecule has 0 unspecified atom stereocenters. The number of aromatic nitrogens is 2. The molecule has 3 aromatic rings. The van der Waals surface area contributed by atoms with E-state index >= 15 is 0 Å². The number of thioether (sulfide) groups is 1. The first kappa shape index (κ1) is 20.9. The number of carbonyl (C=O) groups excluding carboxylic acids is 1. The van der Waals surface area contributed by atoms with Crippen molar-refractivity contribution in [2.24, 2.45) is 0 Å². The van der Waals surface area contributed by atoms with Crippen LogP contribution >= 0.6 is 11.8 Å². The van der Waals surface area contributed by atoms with Crippen molar-refractivity contribution in [1.29, 1.82) is 0 Å². The fourth-order valence-corrected chi connectivity index (χ4v) is 3.88. The van der Waals surface area contributed by atoms with Crippen molar-refractivity contribution < 1.29 is 13.9 Å². The van der Waals surface area contributed by atoms with Gasteiger partial charge in [0.2, 0.25) is 11.8 Å². The lowest BCUT2D eigenvalue weighted by Crippen LogP contribution is -2.33. The molecule has 2 aromatic carbocycles. The molecule has 1 aromatic heterocycles. The molecule has 6 nitrogen and oxygen atoms in total. The number of carbonyl (C=O) groups is 1. The lowest BCUT2D eigenvalue weighted by Gasteiger charge is -2.24. The standard InChI is InChI=1S/C22H25N3O3S/c1-4-25(5-2)21(26)19(16-10-8-7-9-11-16)29-22-24-23-20(28-22)17-12-14-18(15-13-17)27-6-3/h7-15,19H,4-6H2,1-3H3/t19-/m0/s1. The van der Waals surface area contributed by atoms with E-state index in [0.29, 0.717) is 30.8 Å². The van der Waals surface area contributed by atoms with E-state index in [1.165, 1.54) is 11.8 Å². The Balaban J connectivity index is 1.82. The van der Waals surface area contributed by atoms with Crippen molar-refractivity contribution in [3.63, 3.8) is 0 Å². The van der Waals surface area contributed by atoms with Crippen molar-refractivity contribution in [2.75, 3.05) is 19.7 Å². The van der Waals surface area contributed by atoms with Crippen LogP contribution in [0.2, 0.25) is 0 Å². The molecule has 0 saturated carbocycles. The monoisotopic (exact) mass is 411 g/mol. The summed E-state index contributed by atoms with van der Waals surface area (Å²) in [5, 5.41) is 8.23. The lowest BCUT2D eigenvalue weighted by molar-refractivity contribution is -0.130. The third kappa shape index (κ3) is 5.17. The molecule has 0 radical (unpaired) electrons.